The van der Waals surface area contributed by atoms with E-state index >= 15 is 0 Å². The van der Waals surface area contributed by atoms with Gasteiger partial charge in [-0.2, -0.15) is 0 Å². The van der Waals surface area contributed by atoms with Crippen molar-refractivity contribution < 1.29 is 0 Å². The fraction of sp³-hybridized carbons (Fsp3) is 0.0909. The van der Waals surface area contributed by atoms with Crippen LogP contribution in [0.1, 0.15) is 5.56 Å². The van der Waals surface area contributed by atoms with Gasteiger partial charge < -0.3 is 5.73 Å². The van der Waals surface area contributed by atoms with Crippen molar-refractivity contribution in [2.45, 2.75) is 10.8 Å². The summed E-state index contributed by atoms with van der Waals surface area (Å²) in [6, 6.07) is 7.74. The van der Waals surface area contributed by atoms with Crippen molar-refractivity contribution in [3.8, 4) is 0 Å². The van der Waals surface area contributed by atoms with Crippen LogP contribution >= 0.6 is 39.3 Å². The Bertz CT molecular complexity index is 536. The molecule has 1 heterocycles. The minimum atomic E-state index is 0.446. The molecule has 17 heavy (non-hydrogen) atoms. The SMILES string of the molecule is Nc1ncnc(SCc2ccccc2Cl)c1Br. The Balaban J connectivity index is 2.13. The Kier molecular flexibility index (Phi) is 4.25. The molecule has 2 N–H and O–H groups in total. The number of halogens is 2. The Labute approximate surface area is 117 Å². The number of aromatic nitrogens is 2. The summed E-state index contributed by atoms with van der Waals surface area (Å²) in [5.74, 6) is 1.19. The molecule has 0 unspecified atom stereocenters. The summed E-state index contributed by atoms with van der Waals surface area (Å²) in [6.45, 7) is 0. The van der Waals surface area contributed by atoms with Gasteiger partial charge >= 0.3 is 0 Å². The van der Waals surface area contributed by atoms with E-state index < -0.39 is 0 Å². The van der Waals surface area contributed by atoms with Gasteiger partial charge in [-0.3, -0.25) is 0 Å². The lowest BCUT2D eigenvalue weighted by Gasteiger charge is -2.05. The highest BCUT2D eigenvalue weighted by atomic mass is 79.9. The van der Waals surface area contributed by atoms with Crippen LogP contribution in [0.2, 0.25) is 5.02 Å². The van der Waals surface area contributed by atoms with E-state index in [-0.39, 0.29) is 0 Å². The topological polar surface area (TPSA) is 51.8 Å². The summed E-state index contributed by atoms with van der Waals surface area (Å²) in [6.07, 6.45) is 1.45. The van der Waals surface area contributed by atoms with Gasteiger partial charge in [0.2, 0.25) is 0 Å². The minimum absolute atomic E-state index is 0.446. The molecule has 3 nitrogen and oxygen atoms in total. The van der Waals surface area contributed by atoms with Crippen LogP contribution in [0, 0.1) is 0 Å². The summed E-state index contributed by atoms with van der Waals surface area (Å²) >= 11 is 11.0. The maximum atomic E-state index is 6.08. The third-order valence-corrected chi connectivity index (χ3v) is 4.56. The molecule has 0 saturated heterocycles. The van der Waals surface area contributed by atoms with Crippen molar-refractivity contribution in [2.75, 3.05) is 5.73 Å². The molecule has 0 aliphatic heterocycles. The molecule has 1 aromatic heterocycles. The second-order valence-corrected chi connectivity index (χ2v) is 5.42. The largest absolute Gasteiger partial charge is 0.383 e. The molecule has 0 saturated carbocycles. The zero-order valence-electron chi connectivity index (χ0n) is 8.73. The van der Waals surface area contributed by atoms with Gasteiger partial charge in [0.05, 0.1) is 4.47 Å². The van der Waals surface area contributed by atoms with Gasteiger partial charge in [-0.1, -0.05) is 29.8 Å². The predicted octanol–water partition coefficient (Wildman–Crippen LogP) is 3.77. The van der Waals surface area contributed by atoms with Crippen molar-refractivity contribution >= 4 is 45.1 Å². The van der Waals surface area contributed by atoms with Crippen LogP contribution in [0.25, 0.3) is 0 Å². The van der Waals surface area contributed by atoms with Gasteiger partial charge in [-0.15, -0.1) is 11.8 Å². The Hall–Kier alpha value is -0.780. The zero-order valence-corrected chi connectivity index (χ0v) is 11.9. The highest BCUT2D eigenvalue weighted by Gasteiger charge is 2.07. The normalized spacial score (nSPS) is 10.5. The second-order valence-electron chi connectivity index (χ2n) is 3.26. The first kappa shape index (κ1) is 12.7. The van der Waals surface area contributed by atoms with E-state index in [1.807, 2.05) is 24.3 Å². The third-order valence-electron chi connectivity index (χ3n) is 2.11. The monoisotopic (exact) mass is 329 g/mol. The van der Waals surface area contributed by atoms with Crippen molar-refractivity contribution in [2.24, 2.45) is 0 Å². The second kappa shape index (κ2) is 5.71. The molecule has 0 aliphatic rings. The number of nitrogen functional groups attached to an aromatic ring is 1. The smallest absolute Gasteiger partial charge is 0.142 e. The van der Waals surface area contributed by atoms with Crippen LogP contribution in [0.4, 0.5) is 5.82 Å². The summed E-state index contributed by atoms with van der Waals surface area (Å²) in [5.41, 5.74) is 6.75. The van der Waals surface area contributed by atoms with Crippen LogP contribution in [-0.2, 0) is 5.75 Å². The van der Waals surface area contributed by atoms with Crippen LogP contribution in [0.5, 0.6) is 0 Å². The molecule has 2 aromatic rings. The molecule has 0 bridgehead atoms. The fourth-order valence-corrected chi connectivity index (χ4v) is 2.96. The Morgan fingerprint density at radius 1 is 1.29 bits per heavy atom. The summed E-state index contributed by atoms with van der Waals surface area (Å²) in [4.78, 5) is 8.06. The summed E-state index contributed by atoms with van der Waals surface area (Å²) in [7, 11) is 0. The van der Waals surface area contributed by atoms with Gasteiger partial charge in [0, 0.05) is 10.8 Å². The fourth-order valence-electron chi connectivity index (χ4n) is 1.23. The Morgan fingerprint density at radius 3 is 2.82 bits per heavy atom. The van der Waals surface area contributed by atoms with Crippen LogP contribution < -0.4 is 5.73 Å². The van der Waals surface area contributed by atoms with Gasteiger partial charge in [0.25, 0.3) is 0 Å². The number of benzene rings is 1. The van der Waals surface area contributed by atoms with Crippen LogP contribution in [0.3, 0.4) is 0 Å². The van der Waals surface area contributed by atoms with E-state index in [1.54, 1.807) is 11.8 Å². The van der Waals surface area contributed by atoms with Crippen LogP contribution in [-0.4, -0.2) is 9.97 Å². The first-order valence-corrected chi connectivity index (χ1v) is 6.96. The number of hydrogen-bond acceptors (Lipinski definition) is 4. The standard InChI is InChI=1S/C11H9BrClN3S/c12-9-10(14)15-6-16-11(9)17-5-7-3-1-2-4-8(7)13/h1-4,6H,5H2,(H2,14,15,16). The summed E-state index contributed by atoms with van der Waals surface area (Å²) < 4.78 is 0.733. The molecule has 2 rings (SSSR count). The molecule has 88 valence electrons. The maximum absolute atomic E-state index is 6.08. The van der Waals surface area contributed by atoms with Gasteiger partial charge in [-0.05, 0) is 27.6 Å². The molecular weight excluding hydrogens is 322 g/mol. The molecule has 0 amide bonds. The molecule has 6 heteroatoms. The van der Waals surface area contributed by atoms with E-state index in [0.29, 0.717) is 5.82 Å². The first-order chi connectivity index (χ1) is 8.18. The number of anilines is 1. The van der Waals surface area contributed by atoms with Crippen LogP contribution in [0.15, 0.2) is 40.1 Å². The lowest BCUT2D eigenvalue weighted by Crippen LogP contribution is -1.95. The highest BCUT2D eigenvalue weighted by molar-refractivity contribution is 9.10. The number of thioether (sulfide) groups is 1. The number of rotatable bonds is 3. The molecule has 0 radical (unpaired) electrons. The average molecular weight is 331 g/mol. The van der Waals surface area contributed by atoms with Gasteiger partial charge in [0.15, 0.2) is 0 Å². The van der Waals surface area contributed by atoms with E-state index in [9.17, 15) is 0 Å². The van der Waals surface area contributed by atoms with E-state index in [1.165, 1.54) is 6.33 Å². The first-order valence-electron chi connectivity index (χ1n) is 4.80. The molecule has 0 fully saturated rings. The van der Waals surface area contributed by atoms with Crippen molar-refractivity contribution in [3.05, 3.63) is 45.7 Å². The van der Waals surface area contributed by atoms with Gasteiger partial charge in [-0.25, -0.2) is 9.97 Å². The minimum Gasteiger partial charge on any atom is -0.383 e. The zero-order chi connectivity index (χ0) is 12.3. The van der Waals surface area contributed by atoms with Crippen molar-refractivity contribution in [3.63, 3.8) is 0 Å². The van der Waals surface area contributed by atoms with E-state index in [2.05, 4.69) is 25.9 Å². The molecule has 0 spiro atoms. The summed E-state index contributed by atoms with van der Waals surface area (Å²) in [5, 5.41) is 1.58. The Morgan fingerprint density at radius 2 is 2.06 bits per heavy atom. The van der Waals surface area contributed by atoms with Crippen molar-refractivity contribution in [1.29, 1.82) is 0 Å². The maximum Gasteiger partial charge on any atom is 0.142 e. The third kappa shape index (κ3) is 3.12. The molecular formula is C11H9BrClN3S. The van der Waals surface area contributed by atoms with E-state index in [0.717, 1.165) is 25.8 Å². The average Bonchev–Trinajstić information content (AvgIpc) is 2.33. The quantitative estimate of drug-likeness (QED) is 0.687. The molecule has 1 aromatic carbocycles. The molecule has 0 atom stereocenters. The molecule has 0 aliphatic carbocycles. The van der Waals surface area contributed by atoms with Crippen molar-refractivity contribution in [1.82, 2.24) is 9.97 Å². The highest BCUT2D eigenvalue weighted by Crippen LogP contribution is 2.32. The number of nitrogens with two attached hydrogens (primary N) is 1. The predicted molar refractivity (Wildman–Crippen MR) is 75.2 cm³/mol. The number of hydrogen-bond donors (Lipinski definition) is 1. The lowest BCUT2D eigenvalue weighted by molar-refractivity contribution is 1.03. The van der Waals surface area contributed by atoms with Gasteiger partial charge in [0.1, 0.15) is 17.2 Å². The number of nitrogens with zero attached hydrogens (tertiary/aromatic N) is 2. The lowest BCUT2D eigenvalue weighted by atomic mass is 10.2. The van der Waals surface area contributed by atoms with E-state index in [4.69, 9.17) is 17.3 Å².